The number of ether oxygens (including phenoxy) is 1. The number of benzene rings is 1. The van der Waals surface area contributed by atoms with Crippen molar-refractivity contribution >= 4 is 22.0 Å². The van der Waals surface area contributed by atoms with Crippen LogP contribution in [0.3, 0.4) is 0 Å². The van der Waals surface area contributed by atoms with E-state index in [9.17, 15) is 4.79 Å². The van der Waals surface area contributed by atoms with Crippen molar-refractivity contribution in [3.63, 3.8) is 0 Å². The monoisotopic (exact) mass is 311 g/mol. The van der Waals surface area contributed by atoms with Gasteiger partial charge in [-0.2, -0.15) is 0 Å². The highest BCUT2D eigenvalue weighted by atomic mass is 79.9. The van der Waals surface area contributed by atoms with Crippen molar-refractivity contribution in [3.05, 3.63) is 34.3 Å². The Balaban J connectivity index is 2.37. The van der Waals surface area contributed by atoms with Crippen LogP contribution in [0.25, 0.3) is 0 Å². The summed E-state index contributed by atoms with van der Waals surface area (Å²) in [5, 5.41) is 0. The van der Waals surface area contributed by atoms with E-state index >= 15 is 0 Å². The van der Waals surface area contributed by atoms with E-state index in [4.69, 9.17) is 10.5 Å². The number of primary amides is 1. The Labute approximate surface area is 116 Å². The number of carbonyl (C=O) groups is 1. The molecular weight excluding hydrogens is 294 g/mol. The molecule has 2 atom stereocenters. The maximum atomic E-state index is 11.2. The van der Waals surface area contributed by atoms with Crippen LogP contribution in [0, 0.1) is 11.3 Å². The summed E-state index contributed by atoms with van der Waals surface area (Å²) in [5.41, 5.74) is 5.77. The molecule has 98 valence electrons. The molecule has 0 spiro atoms. The van der Waals surface area contributed by atoms with Crippen LogP contribution in [0.15, 0.2) is 28.7 Å². The molecule has 0 aliphatic heterocycles. The molecule has 1 aromatic rings. The molecule has 0 radical (unpaired) electrons. The number of rotatable bonds is 2. The van der Waals surface area contributed by atoms with Gasteiger partial charge in [-0.1, -0.05) is 48.8 Å². The zero-order valence-electron chi connectivity index (χ0n) is 10.9. The Kier molecular flexibility index (Phi) is 3.18. The summed E-state index contributed by atoms with van der Waals surface area (Å²) < 4.78 is 6.43. The smallest absolute Gasteiger partial charge is 0.405 e. The summed E-state index contributed by atoms with van der Waals surface area (Å²) >= 11 is 3.45. The molecule has 1 aliphatic rings. The molecule has 2 rings (SSSR count). The summed E-state index contributed by atoms with van der Waals surface area (Å²) in [4.78, 5) is 11.2. The molecule has 1 aromatic carbocycles. The van der Waals surface area contributed by atoms with Gasteiger partial charge in [0.1, 0.15) is 5.60 Å². The van der Waals surface area contributed by atoms with Crippen LogP contribution in [-0.4, -0.2) is 6.09 Å². The van der Waals surface area contributed by atoms with E-state index in [2.05, 4.69) is 36.7 Å². The van der Waals surface area contributed by atoms with Gasteiger partial charge in [-0.3, -0.25) is 0 Å². The number of hydrogen-bond acceptors (Lipinski definition) is 2. The van der Waals surface area contributed by atoms with Crippen molar-refractivity contribution in [1.29, 1.82) is 0 Å². The second-order valence-corrected chi connectivity index (χ2v) is 6.86. The maximum absolute atomic E-state index is 11.2. The summed E-state index contributed by atoms with van der Waals surface area (Å²) in [6.45, 7) is 6.46. The molecular formula is C14H18BrNO2. The summed E-state index contributed by atoms with van der Waals surface area (Å²) in [6, 6.07) is 7.88. The molecule has 4 heteroatoms. The minimum atomic E-state index is -0.707. The number of hydrogen-bond donors (Lipinski definition) is 1. The first-order valence-electron chi connectivity index (χ1n) is 6.00. The highest BCUT2D eigenvalue weighted by molar-refractivity contribution is 9.10. The van der Waals surface area contributed by atoms with Crippen molar-refractivity contribution in [2.24, 2.45) is 17.1 Å². The first-order valence-corrected chi connectivity index (χ1v) is 6.79. The zero-order valence-corrected chi connectivity index (χ0v) is 12.5. The van der Waals surface area contributed by atoms with Crippen LogP contribution in [0.4, 0.5) is 4.79 Å². The molecule has 0 bridgehead atoms. The third-order valence-corrected chi connectivity index (χ3v) is 4.04. The summed E-state index contributed by atoms with van der Waals surface area (Å²) in [5.74, 6) is 0.298. The van der Waals surface area contributed by atoms with Gasteiger partial charge in [-0.15, -0.1) is 0 Å². The van der Waals surface area contributed by atoms with Crippen molar-refractivity contribution < 1.29 is 9.53 Å². The fourth-order valence-corrected chi connectivity index (χ4v) is 3.07. The molecule has 0 aromatic heterocycles. The molecule has 1 amide bonds. The van der Waals surface area contributed by atoms with Gasteiger partial charge in [-0.25, -0.2) is 4.79 Å². The first-order chi connectivity index (χ1) is 8.25. The van der Waals surface area contributed by atoms with Gasteiger partial charge in [0.25, 0.3) is 0 Å². The zero-order chi connectivity index (χ0) is 13.6. The topological polar surface area (TPSA) is 52.3 Å². The van der Waals surface area contributed by atoms with E-state index in [1.165, 1.54) is 0 Å². The lowest BCUT2D eigenvalue weighted by molar-refractivity contribution is 0.0621. The predicted molar refractivity (Wildman–Crippen MR) is 74.1 cm³/mol. The van der Waals surface area contributed by atoms with Crippen LogP contribution in [0.1, 0.15) is 32.8 Å². The number of nitrogens with two attached hydrogens (primary N) is 1. The largest absolute Gasteiger partial charge is 0.438 e. The van der Waals surface area contributed by atoms with Gasteiger partial charge in [-0.05, 0) is 29.5 Å². The van der Waals surface area contributed by atoms with E-state index in [0.717, 1.165) is 16.5 Å². The molecule has 1 saturated carbocycles. The Morgan fingerprint density at radius 1 is 1.50 bits per heavy atom. The molecule has 2 unspecified atom stereocenters. The van der Waals surface area contributed by atoms with Crippen molar-refractivity contribution in [2.75, 3.05) is 0 Å². The van der Waals surface area contributed by atoms with Crippen LogP contribution >= 0.6 is 15.9 Å². The third-order valence-electron chi connectivity index (χ3n) is 3.55. The van der Waals surface area contributed by atoms with Gasteiger partial charge in [0, 0.05) is 10.4 Å². The van der Waals surface area contributed by atoms with Gasteiger partial charge < -0.3 is 10.5 Å². The van der Waals surface area contributed by atoms with Gasteiger partial charge >= 0.3 is 6.09 Å². The highest BCUT2D eigenvalue weighted by Crippen LogP contribution is 2.62. The molecule has 2 N–H and O–H groups in total. The van der Waals surface area contributed by atoms with Crippen molar-refractivity contribution in [1.82, 2.24) is 0 Å². The SMILES string of the molecule is CC(C)(C)C1CC1(OC(N)=O)c1cccc(Br)c1. The lowest BCUT2D eigenvalue weighted by Gasteiger charge is -2.25. The fourth-order valence-electron chi connectivity index (χ4n) is 2.67. The average molecular weight is 312 g/mol. The number of amides is 1. The molecule has 0 saturated heterocycles. The van der Waals surface area contributed by atoms with Gasteiger partial charge in [0.15, 0.2) is 0 Å². The van der Waals surface area contributed by atoms with E-state index < -0.39 is 11.7 Å². The quantitative estimate of drug-likeness (QED) is 0.903. The van der Waals surface area contributed by atoms with Crippen molar-refractivity contribution in [3.8, 4) is 0 Å². The summed E-state index contributed by atoms with van der Waals surface area (Å²) in [6.07, 6.45) is 0.123. The van der Waals surface area contributed by atoms with E-state index in [1.807, 2.05) is 24.3 Å². The number of halogens is 1. The fraction of sp³-hybridized carbons (Fsp3) is 0.500. The molecule has 18 heavy (non-hydrogen) atoms. The van der Waals surface area contributed by atoms with E-state index in [0.29, 0.717) is 5.92 Å². The molecule has 1 fully saturated rings. The second-order valence-electron chi connectivity index (χ2n) is 5.94. The lowest BCUT2D eigenvalue weighted by atomic mass is 9.86. The maximum Gasteiger partial charge on any atom is 0.405 e. The molecule has 1 aliphatic carbocycles. The highest BCUT2D eigenvalue weighted by Gasteiger charge is 2.63. The van der Waals surface area contributed by atoms with Gasteiger partial charge in [0.2, 0.25) is 0 Å². The minimum Gasteiger partial charge on any atom is -0.438 e. The van der Waals surface area contributed by atoms with Crippen LogP contribution < -0.4 is 5.73 Å². The Morgan fingerprint density at radius 3 is 2.61 bits per heavy atom. The van der Waals surface area contributed by atoms with Crippen molar-refractivity contribution in [2.45, 2.75) is 32.8 Å². The van der Waals surface area contributed by atoms with Crippen LogP contribution in [0.5, 0.6) is 0 Å². The number of carbonyl (C=O) groups excluding carboxylic acids is 1. The summed E-state index contributed by atoms with van der Waals surface area (Å²) in [7, 11) is 0. The Bertz CT molecular complexity index is 481. The van der Waals surface area contributed by atoms with Gasteiger partial charge in [0.05, 0.1) is 0 Å². The van der Waals surface area contributed by atoms with Crippen LogP contribution in [0.2, 0.25) is 0 Å². The second kappa shape index (κ2) is 4.26. The van der Waals surface area contributed by atoms with E-state index in [-0.39, 0.29) is 5.41 Å². The first kappa shape index (κ1) is 13.4. The van der Waals surface area contributed by atoms with E-state index in [1.54, 1.807) is 0 Å². The van der Waals surface area contributed by atoms with Crippen LogP contribution in [-0.2, 0) is 10.3 Å². The third kappa shape index (κ3) is 2.39. The Hall–Kier alpha value is -1.03. The molecule has 3 nitrogen and oxygen atoms in total. The minimum absolute atomic E-state index is 0.0811. The average Bonchev–Trinajstić information content (AvgIpc) is 2.92. The Morgan fingerprint density at radius 2 is 2.17 bits per heavy atom. The lowest BCUT2D eigenvalue weighted by Crippen LogP contribution is -2.27. The predicted octanol–water partition coefficient (Wildman–Crippen LogP) is 3.81. The normalized spacial score (nSPS) is 26.8. The molecule has 0 heterocycles. The standard InChI is InChI=1S/C14H18BrNO2/c1-13(2,3)11-8-14(11,18-12(16)17)9-5-4-6-10(15)7-9/h4-7,11H,8H2,1-3H3,(H2,16,17).